The number of benzene rings is 2. The van der Waals surface area contributed by atoms with Gasteiger partial charge in [-0.1, -0.05) is 43.0 Å². The molecule has 20 heavy (non-hydrogen) atoms. The molecule has 0 aliphatic rings. The van der Waals surface area contributed by atoms with Crippen LogP contribution in [0.4, 0.5) is 0 Å². The van der Waals surface area contributed by atoms with Crippen molar-refractivity contribution in [3.63, 3.8) is 0 Å². The maximum absolute atomic E-state index is 11.1. The highest BCUT2D eigenvalue weighted by molar-refractivity contribution is 5.86. The number of hydrogen-bond acceptors (Lipinski definition) is 3. The summed E-state index contributed by atoms with van der Waals surface area (Å²) in [7, 11) is 0. The van der Waals surface area contributed by atoms with Crippen molar-refractivity contribution in [2.45, 2.75) is 6.29 Å². The van der Waals surface area contributed by atoms with E-state index in [0.29, 0.717) is 11.5 Å². The van der Waals surface area contributed by atoms with E-state index < -0.39 is 12.3 Å². The normalized spacial score (nSPS) is 10.1. The maximum atomic E-state index is 11.1. The molecule has 0 radical (unpaired) electrons. The second kappa shape index (κ2) is 6.43. The minimum Gasteiger partial charge on any atom is -0.478 e. The molecule has 4 nitrogen and oxygen atoms in total. The van der Waals surface area contributed by atoms with Gasteiger partial charge in [-0.25, -0.2) is 4.79 Å². The Morgan fingerprint density at radius 1 is 0.900 bits per heavy atom. The van der Waals surface area contributed by atoms with Crippen LogP contribution in [0.5, 0.6) is 11.5 Å². The molecule has 0 aliphatic carbocycles. The molecule has 2 aromatic rings. The second-order valence-electron chi connectivity index (χ2n) is 4.02. The van der Waals surface area contributed by atoms with Crippen LogP contribution in [0.25, 0.3) is 0 Å². The van der Waals surface area contributed by atoms with Gasteiger partial charge >= 0.3 is 5.97 Å². The van der Waals surface area contributed by atoms with Crippen molar-refractivity contribution in [3.05, 3.63) is 72.8 Å². The van der Waals surface area contributed by atoms with Gasteiger partial charge in [0.2, 0.25) is 0 Å². The molecule has 2 aromatic carbocycles. The lowest BCUT2D eigenvalue weighted by molar-refractivity contribution is -0.135. The molecule has 0 heterocycles. The fraction of sp³-hybridized carbons (Fsp3) is 0.0625. The summed E-state index contributed by atoms with van der Waals surface area (Å²) in [5.41, 5.74) is -0.169. The van der Waals surface area contributed by atoms with Gasteiger partial charge in [0.1, 0.15) is 17.1 Å². The number of carbonyl (C=O) groups is 1. The monoisotopic (exact) mass is 270 g/mol. The molecule has 0 fully saturated rings. The fourth-order valence-electron chi connectivity index (χ4n) is 1.51. The summed E-state index contributed by atoms with van der Waals surface area (Å²) in [6.07, 6.45) is -1.09. The van der Waals surface area contributed by atoms with Crippen molar-refractivity contribution in [3.8, 4) is 11.5 Å². The van der Waals surface area contributed by atoms with E-state index in [4.69, 9.17) is 14.6 Å². The van der Waals surface area contributed by atoms with Crippen molar-refractivity contribution in [1.29, 1.82) is 0 Å². The Hall–Kier alpha value is -2.75. The number of hydrogen-bond donors (Lipinski definition) is 1. The molecule has 0 atom stereocenters. The van der Waals surface area contributed by atoms with Gasteiger partial charge in [0.05, 0.1) is 0 Å². The van der Waals surface area contributed by atoms with Crippen molar-refractivity contribution in [1.82, 2.24) is 0 Å². The quantitative estimate of drug-likeness (QED) is 0.647. The smallest absolute Gasteiger partial charge is 0.338 e. The minimum atomic E-state index is -1.16. The first-order valence-corrected chi connectivity index (χ1v) is 6.02. The van der Waals surface area contributed by atoms with Gasteiger partial charge in [0.15, 0.2) is 0 Å². The highest BCUT2D eigenvalue weighted by Crippen LogP contribution is 2.19. The predicted octanol–water partition coefficient (Wildman–Crippen LogP) is 3.11. The SMILES string of the molecule is C=C(C(=O)O)C(Oc1ccccc1)Oc1ccccc1. The summed E-state index contributed by atoms with van der Waals surface area (Å²) in [5.74, 6) is -0.145. The standard InChI is InChI=1S/C16H14O4/c1-12(15(17)18)16(19-13-8-4-2-5-9-13)20-14-10-6-3-7-11-14/h2-11,16H,1H2,(H,17,18). The molecule has 102 valence electrons. The molecular formula is C16H14O4. The van der Waals surface area contributed by atoms with Gasteiger partial charge in [-0.15, -0.1) is 0 Å². The third-order valence-corrected chi connectivity index (χ3v) is 2.53. The third kappa shape index (κ3) is 3.62. The highest BCUT2D eigenvalue weighted by atomic mass is 16.7. The predicted molar refractivity (Wildman–Crippen MR) is 74.7 cm³/mol. The molecule has 0 aliphatic heterocycles. The van der Waals surface area contributed by atoms with Crippen LogP contribution in [0.15, 0.2) is 72.8 Å². The summed E-state index contributed by atoms with van der Waals surface area (Å²) in [5, 5.41) is 9.05. The van der Waals surface area contributed by atoms with Gasteiger partial charge in [-0.2, -0.15) is 0 Å². The first-order chi connectivity index (χ1) is 9.66. The number of carboxylic acids is 1. The Balaban J connectivity index is 2.17. The number of carboxylic acid groups (broad SMARTS) is 1. The second-order valence-corrected chi connectivity index (χ2v) is 4.02. The lowest BCUT2D eigenvalue weighted by atomic mass is 10.3. The third-order valence-electron chi connectivity index (χ3n) is 2.53. The molecule has 0 saturated carbocycles. The van der Waals surface area contributed by atoms with Crippen LogP contribution in [-0.2, 0) is 4.79 Å². The topological polar surface area (TPSA) is 55.8 Å². The Bertz CT molecular complexity index is 536. The summed E-state index contributed by atoms with van der Waals surface area (Å²) < 4.78 is 11.1. The van der Waals surface area contributed by atoms with Crippen molar-refractivity contribution in [2.75, 3.05) is 0 Å². The van der Waals surface area contributed by atoms with Gasteiger partial charge in [-0.3, -0.25) is 0 Å². The van der Waals surface area contributed by atoms with Crippen LogP contribution in [0.1, 0.15) is 0 Å². The zero-order chi connectivity index (χ0) is 14.4. The minimum absolute atomic E-state index is 0.169. The van der Waals surface area contributed by atoms with E-state index in [-0.39, 0.29) is 5.57 Å². The Labute approximate surface area is 116 Å². The first-order valence-electron chi connectivity index (χ1n) is 6.02. The van der Waals surface area contributed by atoms with Crippen LogP contribution in [0.3, 0.4) is 0 Å². The summed E-state index contributed by atoms with van der Waals surface area (Å²) in [6.45, 7) is 3.50. The number of rotatable bonds is 6. The van der Waals surface area contributed by atoms with Crippen LogP contribution < -0.4 is 9.47 Å². The van der Waals surface area contributed by atoms with Crippen molar-refractivity contribution < 1.29 is 19.4 Å². The molecule has 0 bridgehead atoms. The summed E-state index contributed by atoms with van der Waals surface area (Å²) >= 11 is 0. The van der Waals surface area contributed by atoms with Gasteiger partial charge in [-0.05, 0) is 24.3 Å². The first kappa shape index (κ1) is 13.7. The molecule has 0 amide bonds. The van der Waals surface area contributed by atoms with E-state index in [1.54, 1.807) is 48.5 Å². The molecule has 1 N–H and O–H groups in total. The lowest BCUT2D eigenvalue weighted by Crippen LogP contribution is -2.29. The van der Waals surface area contributed by atoms with E-state index in [1.807, 2.05) is 12.1 Å². The van der Waals surface area contributed by atoms with Gasteiger partial charge in [0, 0.05) is 0 Å². The molecule has 0 saturated heterocycles. The van der Waals surface area contributed by atoms with Crippen LogP contribution in [0, 0.1) is 0 Å². The highest BCUT2D eigenvalue weighted by Gasteiger charge is 2.22. The zero-order valence-corrected chi connectivity index (χ0v) is 10.7. The zero-order valence-electron chi connectivity index (χ0n) is 10.7. The number of aliphatic carboxylic acids is 1. The molecule has 0 aromatic heterocycles. The van der Waals surface area contributed by atoms with E-state index in [9.17, 15) is 4.79 Å². The number of ether oxygens (including phenoxy) is 2. The van der Waals surface area contributed by atoms with E-state index in [1.165, 1.54) is 0 Å². The summed E-state index contributed by atoms with van der Waals surface area (Å²) in [6, 6.07) is 17.7. The van der Waals surface area contributed by atoms with Gasteiger partial charge < -0.3 is 14.6 Å². The van der Waals surface area contributed by atoms with Crippen LogP contribution >= 0.6 is 0 Å². The van der Waals surface area contributed by atoms with Crippen molar-refractivity contribution in [2.24, 2.45) is 0 Å². The maximum Gasteiger partial charge on any atom is 0.338 e. The number of para-hydroxylation sites is 2. The lowest BCUT2D eigenvalue weighted by Gasteiger charge is -2.20. The van der Waals surface area contributed by atoms with E-state index in [0.717, 1.165) is 0 Å². The van der Waals surface area contributed by atoms with Crippen LogP contribution in [-0.4, -0.2) is 17.4 Å². The average molecular weight is 270 g/mol. The fourth-order valence-corrected chi connectivity index (χ4v) is 1.51. The molecule has 0 spiro atoms. The molecule has 0 unspecified atom stereocenters. The van der Waals surface area contributed by atoms with Crippen molar-refractivity contribution >= 4 is 5.97 Å². The van der Waals surface area contributed by atoms with Gasteiger partial charge in [0.25, 0.3) is 6.29 Å². The van der Waals surface area contributed by atoms with E-state index in [2.05, 4.69) is 6.58 Å². The average Bonchev–Trinajstić information content (AvgIpc) is 2.48. The largest absolute Gasteiger partial charge is 0.478 e. The van der Waals surface area contributed by atoms with E-state index >= 15 is 0 Å². The molecule has 2 rings (SSSR count). The van der Waals surface area contributed by atoms with Crippen LogP contribution in [0.2, 0.25) is 0 Å². The Morgan fingerprint density at radius 3 is 1.65 bits per heavy atom. The molecular weight excluding hydrogens is 256 g/mol. The molecule has 4 heteroatoms. The Morgan fingerprint density at radius 2 is 1.30 bits per heavy atom. The summed E-state index contributed by atoms with van der Waals surface area (Å²) in [4.78, 5) is 11.1. The Kier molecular flexibility index (Phi) is 4.39.